The Bertz CT molecular complexity index is 1230. The van der Waals surface area contributed by atoms with E-state index in [1.54, 1.807) is 38.3 Å². The van der Waals surface area contributed by atoms with E-state index in [1.165, 1.54) is 6.07 Å². The number of ether oxygens (including phenoxy) is 2. The molecule has 0 aliphatic heterocycles. The maximum atomic E-state index is 15.5. The Hall–Kier alpha value is -3.21. The van der Waals surface area contributed by atoms with Gasteiger partial charge in [-0.2, -0.15) is 0 Å². The van der Waals surface area contributed by atoms with Crippen LogP contribution in [-0.4, -0.2) is 12.9 Å². The zero-order valence-electron chi connectivity index (χ0n) is 19.4. The van der Waals surface area contributed by atoms with Crippen LogP contribution in [0.2, 0.25) is 0 Å². The van der Waals surface area contributed by atoms with Gasteiger partial charge >= 0.3 is 0 Å². The fourth-order valence-corrected chi connectivity index (χ4v) is 5.12. The molecule has 0 saturated heterocycles. The zero-order chi connectivity index (χ0) is 23.8. The SMILES string of the molecule is COc1ccc(F)c(-c2ccc3c(c2)CC[C@H]3Oc2cccc([C@@H](CC(C)=O)C3CC3)c2F)c1. The normalized spacial score (nSPS) is 17.8. The van der Waals surface area contributed by atoms with Crippen molar-refractivity contribution >= 4 is 5.78 Å². The van der Waals surface area contributed by atoms with E-state index in [4.69, 9.17) is 9.47 Å². The third-order valence-corrected chi connectivity index (χ3v) is 7.01. The molecule has 0 aromatic heterocycles. The van der Waals surface area contributed by atoms with E-state index in [9.17, 15) is 9.18 Å². The summed E-state index contributed by atoms with van der Waals surface area (Å²) >= 11 is 0. The monoisotopic (exact) mass is 462 g/mol. The first-order valence-corrected chi connectivity index (χ1v) is 11.9. The largest absolute Gasteiger partial charge is 0.497 e. The van der Waals surface area contributed by atoms with Crippen LogP contribution in [0.25, 0.3) is 11.1 Å². The van der Waals surface area contributed by atoms with Crippen molar-refractivity contribution in [2.75, 3.05) is 7.11 Å². The van der Waals surface area contributed by atoms with E-state index in [2.05, 4.69) is 0 Å². The molecule has 34 heavy (non-hydrogen) atoms. The van der Waals surface area contributed by atoms with Crippen molar-refractivity contribution < 1.29 is 23.0 Å². The van der Waals surface area contributed by atoms with Crippen molar-refractivity contribution in [2.45, 2.75) is 51.0 Å². The predicted octanol–water partition coefficient (Wildman–Crippen LogP) is 7.18. The smallest absolute Gasteiger partial charge is 0.168 e. The van der Waals surface area contributed by atoms with Gasteiger partial charge in [0.15, 0.2) is 11.6 Å². The van der Waals surface area contributed by atoms with Crippen molar-refractivity contribution in [3.8, 4) is 22.6 Å². The molecule has 5 heteroatoms. The van der Waals surface area contributed by atoms with Gasteiger partial charge in [-0.05, 0) is 91.0 Å². The lowest BCUT2D eigenvalue weighted by Crippen LogP contribution is -2.11. The number of hydrogen-bond acceptors (Lipinski definition) is 3. The topological polar surface area (TPSA) is 35.5 Å². The van der Waals surface area contributed by atoms with Gasteiger partial charge in [-0.1, -0.05) is 30.3 Å². The molecule has 3 nitrogen and oxygen atoms in total. The molecule has 0 heterocycles. The number of carbonyl (C=O) groups is 1. The van der Waals surface area contributed by atoms with E-state index in [1.807, 2.05) is 24.3 Å². The number of carbonyl (C=O) groups excluding carboxylic acids is 1. The van der Waals surface area contributed by atoms with Gasteiger partial charge in [0.1, 0.15) is 23.5 Å². The first-order valence-electron chi connectivity index (χ1n) is 11.9. The quantitative estimate of drug-likeness (QED) is 0.356. The van der Waals surface area contributed by atoms with Gasteiger partial charge in [0.25, 0.3) is 0 Å². The summed E-state index contributed by atoms with van der Waals surface area (Å²) in [5, 5.41) is 0. The molecule has 0 unspecified atom stereocenters. The van der Waals surface area contributed by atoms with Crippen molar-refractivity contribution in [3.63, 3.8) is 0 Å². The Morgan fingerprint density at radius 1 is 1.06 bits per heavy atom. The number of hydrogen-bond donors (Lipinski definition) is 0. The van der Waals surface area contributed by atoms with Gasteiger partial charge in [-0.25, -0.2) is 8.78 Å². The van der Waals surface area contributed by atoms with Gasteiger partial charge in [-0.3, -0.25) is 0 Å². The van der Waals surface area contributed by atoms with Crippen molar-refractivity contribution in [1.29, 1.82) is 0 Å². The predicted molar refractivity (Wildman–Crippen MR) is 127 cm³/mol. The minimum absolute atomic E-state index is 0.0793. The standard InChI is InChI=1S/C29H28F2O3/c1-17(32)14-24(18-6-7-18)23-4-3-5-28(29(23)31)34-27-13-9-19-15-20(8-11-22(19)27)25-16-21(33-2)10-12-26(25)30/h3-5,8,10-12,15-16,18,24,27H,6-7,9,13-14H2,1-2H3/t24-,27+/m0/s1. The molecular weight excluding hydrogens is 434 g/mol. The van der Waals surface area contributed by atoms with Crippen LogP contribution in [0.5, 0.6) is 11.5 Å². The average Bonchev–Trinajstić information content (AvgIpc) is 3.60. The summed E-state index contributed by atoms with van der Waals surface area (Å²) in [7, 11) is 1.56. The minimum Gasteiger partial charge on any atom is -0.497 e. The summed E-state index contributed by atoms with van der Waals surface area (Å²) in [6.45, 7) is 1.56. The van der Waals surface area contributed by atoms with Crippen LogP contribution < -0.4 is 9.47 Å². The number of fused-ring (bicyclic) bond motifs is 1. The number of aryl methyl sites for hydroxylation is 1. The molecule has 1 fully saturated rings. The summed E-state index contributed by atoms with van der Waals surface area (Å²) in [6.07, 6.45) is 3.67. The van der Waals surface area contributed by atoms with Gasteiger partial charge < -0.3 is 14.3 Å². The summed E-state index contributed by atoms with van der Waals surface area (Å²) in [6, 6.07) is 15.8. The number of halogens is 2. The molecule has 0 N–H and O–H groups in total. The molecule has 1 saturated carbocycles. The molecule has 2 aliphatic rings. The maximum Gasteiger partial charge on any atom is 0.168 e. The Morgan fingerprint density at radius 2 is 1.88 bits per heavy atom. The van der Waals surface area contributed by atoms with E-state index < -0.39 is 0 Å². The molecule has 0 spiro atoms. The second-order valence-electron chi connectivity index (χ2n) is 9.41. The van der Waals surface area contributed by atoms with E-state index in [0.717, 1.165) is 42.4 Å². The van der Waals surface area contributed by atoms with E-state index in [0.29, 0.717) is 29.2 Å². The first kappa shape index (κ1) is 22.6. The summed E-state index contributed by atoms with van der Waals surface area (Å²) in [4.78, 5) is 11.8. The van der Waals surface area contributed by atoms with Gasteiger partial charge in [-0.15, -0.1) is 0 Å². The minimum atomic E-state index is -0.357. The molecule has 0 radical (unpaired) electrons. The number of rotatable bonds is 8. The lowest BCUT2D eigenvalue weighted by molar-refractivity contribution is -0.117. The van der Waals surface area contributed by atoms with Crippen molar-refractivity contribution in [1.82, 2.24) is 0 Å². The van der Waals surface area contributed by atoms with Crippen molar-refractivity contribution in [2.24, 2.45) is 5.92 Å². The third-order valence-electron chi connectivity index (χ3n) is 7.01. The van der Waals surface area contributed by atoms with Crippen LogP contribution in [0.4, 0.5) is 8.78 Å². The maximum absolute atomic E-state index is 15.5. The lowest BCUT2D eigenvalue weighted by atomic mass is 9.89. The van der Waals surface area contributed by atoms with Crippen LogP contribution in [0.1, 0.15) is 61.3 Å². The molecule has 3 aromatic rings. The van der Waals surface area contributed by atoms with Gasteiger partial charge in [0.05, 0.1) is 7.11 Å². The highest BCUT2D eigenvalue weighted by Crippen LogP contribution is 2.47. The highest BCUT2D eigenvalue weighted by atomic mass is 19.1. The lowest BCUT2D eigenvalue weighted by Gasteiger charge is -2.20. The van der Waals surface area contributed by atoms with Crippen LogP contribution in [-0.2, 0) is 11.2 Å². The molecular formula is C29H28F2O3. The van der Waals surface area contributed by atoms with Crippen LogP contribution in [0.3, 0.4) is 0 Å². The fraction of sp³-hybridized carbons (Fsp3) is 0.345. The highest BCUT2D eigenvalue weighted by molar-refractivity contribution is 5.76. The van der Waals surface area contributed by atoms with Gasteiger partial charge in [0, 0.05) is 12.0 Å². The van der Waals surface area contributed by atoms with E-state index in [-0.39, 0.29) is 35.2 Å². The molecule has 176 valence electrons. The molecule has 2 atom stereocenters. The molecule has 5 rings (SSSR count). The Labute approximate surface area is 198 Å². The van der Waals surface area contributed by atoms with Gasteiger partial charge in [0.2, 0.25) is 0 Å². The number of methoxy groups -OCH3 is 1. The third kappa shape index (κ3) is 4.44. The van der Waals surface area contributed by atoms with Crippen LogP contribution in [0.15, 0.2) is 54.6 Å². The summed E-state index contributed by atoms with van der Waals surface area (Å²) in [5.74, 6) is 0.532. The number of Topliss-reactive ketones (excluding diaryl/α,β-unsaturated/α-hetero) is 1. The molecule has 0 bridgehead atoms. The second kappa shape index (κ2) is 9.21. The van der Waals surface area contributed by atoms with Crippen LogP contribution in [0, 0.1) is 17.6 Å². The number of ketones is 1. The summed E-state index contributed by atoms with van der Waals surface area (Å²) < 4.78 is 41.4. The second-order valence-corrected chi connectivity index (χ2v) is 9.41. The summed E-state index contributed by atoms with van der Waals surface area (Å²) in [5.41, 5.74) is 3.92. The number of benzene rings is 3. The Morgan fingerprint density at radius 3 is 2.62 bits per heavy atom. The van der Waals surface area contributed by atoms with Crippen LogP contribution >= 0.6 is 0 Å². The molecule has 2 aliphatic carbocycles. The Kier molecular flexibility index (Phi) is 6.11. The average molecular weight is 463 g/mol. The fourth-order valence-electron chi connectivity index (χ4n) is 5.12. The zero-order valence-corrected chi connectivity index (χ0v) is 19.4. The Balaban J connectivity index is 1.40. The highest BCUT2D eigenvalue weighted by Gasteiger charge is 2.35. The molecule has 3 aromatic carbocycles. The first-order chi connectivity index (χ1) is 16.4. The van der Waals surface area contributed by atoms with E-state index >= 15 is 4.39 Å². The van der Waals surface area contributed by atoms with Crippen molar-refractivity contribution in [3.05, 3.63) is 82.9 Å². The molecule has 0 amide bonds.